The molecule has 1 aromatic heterocycles. The predicted molar refractivity (Wildman–Crippen MR) is 128 cm³/mol. The average molecular weight is 486 g/mol. The Balaban J connectivity index is 1.66. The number of carbonyl (C=O) groups is 1. The molecule has 0 saturated carbocycles. The fourth-order valence-corrected chi connectivity index (χ4v) is 3.63. The van der Waals surface area contributed by atoms with Crippen molar-refractivity contribution in [2.24, 2.45) is 5.10 Å². The first-order valence-electron chi connectivity index (χ1n) is 10.3. The van der Waals surface area contributed by atoms with Crippen LogP contribution < -0.4 is 14.9 Å². The lowest BCUT2D eigenvalue weighted by Gasteiger charge is -2.11. The molecular formula is C23H24ClN5O5. The highest BCUT2D eigenvalue weighted by atomic mass is 35.5. The molecule has 0 fully saturated rings. The third-order valence-electron chi connectivity index (χ3n) is 5.05. The standard InChI is InChI=1S/C23H24ClN5O5/c1-14-9-19(24)6-8-20(14)34-13-22(30)26-25-11-17-5-7-21(33-4)18(10-17)12-28-16(3)23(29(31)32)15(2)27-28/h5-11H,12-13H2,1-4H3,(H,26,30)/b25-11+. The summed E-state index contributed by atoms with van der Waals surface area (Å²) in [5, 5.41) is 20.1. The van der Waals surface area contributed by atoms with E-state index in [0.717, 1.165) is 11.1 Å². The third-order valence-corrected chi connectivity index (χ3v) is 5.28. The Morgan fingerprint density at radius 1 is 1.24 bits per heavy atom. The molecule has 0 aliphatic rings. The highest BCUT2D eigenvalue weighted by Gasteiger charge is 2.22. The normalized spacial score (nSPS) is 11.0. The monoisotopic (exact) mass is 485 g/mol. The van der Waals surface area contributed by atoms with Crippen LogP contribution in [0.15, 0.2) is 41.5 Å². The minimum Gasteiger partial charge on any atom is -0.496 e. The number of ether oxygens (including phenoxy) is 2. The summed E-state index contributed by atoms with van der Waals surface area (Å²) in [7, 11) is 1.54. The number of nitrogens with zero attached hydrogens (tertiary/aromatic N) is 4. The number of benzene rings is 2. The van der Waals surface area contributed by atoms with Gasteiger partial charge in [0.15, 0.2) is 6.61 Å². The zero-order valence-electron chi connectivity index (χ0n) is 19.2. The maximum absolute atomic E-state index is 12.1. The summed E-state index contributed by atoms with van der Waals surface area (Å²) in [6.07, 6.45) is 1.48. The molecule has 3 aromatic rings. The number of amides is 1. The van der Waals surface area contributed by atoms with Gasteiger partial charge < -0.3 is 9.47 Å². The van der Waals surface area contributed by atoms with Gasteiger partial charge in [-0.3, -0.25) is 19.6 Å². The first kappa shape index (κ1) is 24.7. The van der Waals surface area contributed by atoms with Crippen molar-refractivity contribution in [2.45, 2.75) is 27.3 Å². The number of nitro groups is 1. The van der Waals surface area contributed by atoms with Crippen molar-refractivity contribution in [2.75, 3.05) is 13.7 Å². The number of nitrogens with one attached hydrogen (secondary N) is 1. The van der Waals surface area contributed by atoms with Crippen molar-refractivity contribution in [3.05, 3.63) is 79.6 Å². The fourth-order valence-electron chi connectivity index (χ4n) is 3.40. The largest absolute Gasteiger partial charge is 0.496 e. The van der Waals surface area contributed by atoms with Crippen molar-refractivity contribution in [3.63, 3.8) is 0 Å². The summed E-state index contributed by atoms with van der Waals surface area (Å²) in [5.74, 6) is 0.741. The number of hydrogen-bond acceptors (Lipinski definition) is 7. The summed E-state index contributed by atoms with van der Waals surface area (Å²) in [6, 6.07) is 10.5. The van der Waals surface area contributed by atoms with Gasteiger partial charge in [-0.05, 0) is 68.3 Å². The molecular weight excluding hydrogens is 462 g/mol. The summed E-state index contributed by atoms with van der Waals surface area (Å²) in [4.78, 5) is 22.9. The molecule has 0 bridgehead atoms. The van der Waals surface area contributed by atoms with Crippen LogP contribution in [0.4, 0.5) is 5.69 Å². The quantitative estimate of drug-likeness (QED) is 0.278. The van der Waals surface area contributed by atoms with E-state index in [4.69, 9.17) is 21.1 Å². The van der Waals surface area contributed by atoms with Crippen molar-refractivity contribution in [1.82, 2.24) is 15.2 Å². The molecule has 0 aliphatic carbocycles. The maximum Gasteiger partial charge on any atom is 0.312 e. The van der Waals surface area contributed by atoms with Gasteiger partial charge in [0.1, 0.15) is 22.9 Å². The number of methoxy groups -OCH3 is 1. The van der Waals surface area contributed by atoms with Crippen LogP contribution in [0.1, 0.15) is 28.1 Å². The molecule has 0 spiro atoms. The third kappa shape index (κ3) is 5.90. The Morgan fingerprint density at radius 3 is 2.62 bits per heavy atom. The van der Waals surface area contributed by atoms with Crippen LogP contribution >= 0.6 is 11.6 Å². The van der Waals surface area contributed by atoms with Crippen LogP contribution in [0.2, 0.25) is 5.02 Å². The number of hydrogen-bond donors (Lipinski definition) is 1. The summed E-state index contributed by atoms with van der Waals surface area (Å²) in [5.41, 5.74) is 5.48. The van der Waals surface area contributed by atoms with Crippen LogP contribution in [0.3, 0.4) is 0 Å². The lowest BCUT2D eigenvalue weighted by atomic mass is 10.1. The van der Waals surface area contributed by atoms with Gasteiger partial charge >= 0.3 is 5.69 Å². The van der Waals surface area contributed by atoms with Crippen molar-refractivity contribution in [1.29, 1.82) is 0 Å². The molecule has 10 nitrogen and oxygen atoms in total. The number of halogens is 1. The van der Waals surface area contributed by atoms with E-state index in [-0.39, 0.29) is 18.8 Å². The smallest absolute Gasteiger partial charge is 0.312 e. The van der Waals surface area contributed by atoms with E-state index in [1.165, 1.54) is 6.21 Å². The molecule has 0 aliphatic heterocycles. The van der Waals surface area contributed by atoms with Crippen LogP contribution in [0.5, 0.6) is 11.5 Å². The van der Waals surface area contributed by atoms with Crippen molar-refractivity contribution in [3.8, 4) is 11.5 Å². The molecule has 0 radical (unpaired) electrons. The molecule has 3 rings (SSSR count). The molecule has 0 unspecified atom stereocenters. The lowest BCUT2D eigenvalue weighted by Crippen LogP contribution is -2.24. The van der Waals surface area contributed by atoms with Crippen LogP contribution in [0.25, 0.3) is 0 Å². The average Bonchev–Trinajstić information content (AvgIpc) is 3.06. The second kappa shape index (κ2) is 10.8. The van der Waals surface area contributed by atoms with E-state index in [2.05, 4.69) is 15.6 Å². The van der Waals surface area contributed by atoms with E-state index in [9.17, 15) is 14.9 Å². The van der Waals surface area contributed by atoms with Gasteiger partial charge in [0.2, 0.25) is 0 Å². The number of hydrazone groups is 1. The zero-order valence-corrected chi connectivity index (χ0v) is 19.9. The Hall–Kier alpha value is -3.92. The minimum absolute atomic E-state index is 0.00425. The Labute approximate surface area is 201 Å². The minimum atomic E-state index is -0.435. The van der Waals surface area contributed by atoms with Gasteiger partial charge in [0.05, 0.1) is 24.8 Å². The Morgan fingerprint density at radius 2 is 1.97 bits per heavy atom. The molecule has 1 amide bonds. The van der Waals surface area contributed by atoms with Gasteiger partial charge in [-0.1, -0.05) is 11.6 Å². The molecule has 2 aromatic carbocycles. The van der Waals surface area contributed by atoms with E-state index in [1.54, 1.807) is 56.0 Å². The van der Waals surface area contributed by atoms with Gasteiger partial charge in [0.25, 0.3) is 5.91 Å². The molecule has 1 heterocycles. The van der Waals surface area contributed by atoms with E-state index in [1.807, 2.05) is 13.0 Å². The predicted octanol–water partition coefficient (Wildman–Crippen LogP) is 3.96. The number of rotatable bonds is 9. The Bertz CT molecular complexity index is 1250. The topological polar surface area (TPSA) is 121 Å². The van der Waals surface area contributed by atoms with Gasteiger partial charge in [-0.2, -0.15) is 10.2 Å². The second-order valence-corrected chi connectivity index (χ2v) is 7.93. The molecule has 11 heteroatoms. The fraction of sp³-hybridized carbons (Fsp3) is 0.261. The van der Waals surface area contributed by atoms with Crippen LogP contribution in [-0.4, -0.2) is 40.5 Å². The first-order chi connectivity index (χ1) is 16.2. The van der Waals surface area contributed by atoms with Crippen molar-refractivity contribution < 1.29 is 19.2 Å². The second-order valence-electron chi connectivity index (χ2n) is 7.50. The number of carbonyl (C=O) groups excluding carboxylic acids is 1. The molecule has 34 heavy (non-hydrogen) atoms. The lowest BCUT2D eigenvalue weighted by molar-refractivity contribution is -0.386. The number of aromatic nitrogens is 2. The molecule has 0 saturated heterocycles. The van der Waals surface area contributed by atoms with Crippen LogP contribution in [-0.2, 0) is 11.3 Å². The van der Waals surface area contributed by atoms with Gasteiger partial charge in [-0.15, -0.1) is 0 Å². The maximum atomic E-state index is 12.1. The highest BCUT2D eigenvalue weighted by Crippen LogP contribution is 2.26. The summed E-state index contributed by atoms with van der Waals surface area (Å²) >= 11 is 5.92. The first-order valence-corrected chi connectivity index (χ1v) is 10.6. The van der Waals surface area contributed by atoms with E-state index < -0.39 is 10.8 Å². The highest BCUT2D eigenvalue weighted by molar-refractivity contribution is 6.30. The van der Waals surface area contributed by atoms with E-state index in [0.29, 0.717) is 33.5 Å². The van der Waals surface area contributed by atoms with Gasteiger partial charge in [-0.25, -0.2) is 5.43 Å². The molecule has 0 atom stereocenters. The van der Waals surface area contributed by atoms with Gasteiger partial charge in [0, 0.05) is 10.6 Å². The Kier molecular flexibility index (Phi) is 7.85. The number of aryl methyl sites for hydroxylation is 2. The SMILES string of the molecule is COc1ccc(/C=N/NC(=O)COc2ccc(Cl)cc2C)cc1Cn1nc(C)c([N+](=O)[O-])c1C. The summed E-state index contributed by atoms with van der Waals surface area (Å²) in [6.45, 7) is 5.15. The van der Waals surface area contributed by atoms with Crippen molar-refractivity contribution >= 4 is 29.4 Å². The molecule has 178 valence electrons. The van der Waals surface area contributed by atoms with Crippen LogP contribution in [0, 0.1) is 30.9 Å². The van der Waals surface area contributed by atoms with E-state index >= 15 is 0 Å². The zero-order chi connectivity index (χ0) is 24.8. The summed E-state index contributed by atoms with van der Waals surface area (Å²) < 4.78 is 12.5. The molecule has 1 N–H and O–H groups in total.